The molecule has 0 aliphatic rings. The predicted molar refractivity (Wildman–Crippen MR) is 55.3 cm³/mol. The Morgan fingerprint density at radius 1 is 1.57 bits per heavy atom. The molecule has 0 aliphatic carbocycles. The average molecular weight is 202 g/mol. The zero-order valence-corrected chi connectivity index (χ0v) is 8.91. The minimum absolute atomic E-state index is 0.135. The first kappa shape index (κ1) is 12.7. The number of nitrogens with zero attached hydrogens (tertiary/aromatic N) is 2. The lowest BCUT2D eigenvalue weighted by molar-refractivity contribution is -0.485. The van der Waals surface area contributed by atoms with Crippen LogP contribution in [-0.2, 0) is 0 Å². The molecule has 6 nitrogen and oxygen atoms in total. The molecule has 3 N–H and O–H groups in total. The molecule has 0 unspecified atom stereocenters. The molecule has 0 spiro atoms. The fourth-order valence-corrected chi connectivity index (χ4v) is 0.958. The van der Waals surface area contributed by atoms with Gasteiger partial charge < -0.3 is 11.1 Å². The van der Waals surface area contributed by atoms with Crippen molar-refractivity contribution in [3.63, 3.8) is 0 Å². The van der Waals surface area contributed by atoms with Crippen LogP contribution in [-0.4, -0.2) is 17.5 Å². The molecule has 6 heteroatoms. The summed E-state index contributed by atoms with van der Waals surface area (Å²) in [5, 5.41) is 14.7. The minimum Gasteiger partial charge on any atom is -0.365 e. The summed E-state index contributed by atoms with van der Waals surface area (Å²) in [6, 6.07) is 0. The van der Waals surface area contributed by atoms with Crippen molar-refractivity contribution in [2.24, 2.45) is 16.3 Å². The van der Waals surface area contributed by atoms with Crippen LogP contribution in [0.5, 0.6) is 0 Å². The fraction of sp³-hybridized carbons (Fsp3) is 0.875. The van der Waals surface area contributed by atoms with Crippen molar-refractivity contribution in [1.82, 2.24) is 5.32 Å². The number of nitrogens with two attached hydrogens (primary N) is 1. The molecule has 14 heavy (non-hydrogen) atoms. The second-order valence-electron chi connectivity index (χ2n) is 4.31. The molecular formula is C8H18N4O2. The maximum absolute atomic E-state index is 9.90. The number of nitro groups is 1. The Hall–Kier alpha value is -1.33. The fourth-order valence-electron chi connectivity index (χ4n) is 0.958. The van der Waals surface area contributed by atoms with Crippen LogP contribution in [0.1, 0.15) is 33.6 Å². The molecule has 0 atom stereocenters. The van der Waals surface area contributed by atoms with Crippen LogP contribution in [0.3, 0.4) is 0 Å². The van der Waals surface area contributed by atoms with Gasteiger partial charge in [-0.15, -0.1) is 0 Å². The standard InChI is InChI=1S/C8H18N4O2/c1-8(2,3)5-4-6-10-7(9)11-12(13)14/h4-6H2,1-3H3,(H3,9,10,11). The van der Waals surface area contributed by atoms with Gasteiger partial charge in [-0.2, -0.15) is 0 Å². The van der Waals surface area contributed by atoms with Crippen LogP contribution in [0.2, 0.25) is 0 Å². The second kappa shape index (κ2) is 5.41. The van der Waals surface area contributed by atoms with Crippen LogP contribution in [0.4, 0.5) is 0 Å². The van der Waals surface area contributed by atoms with Crippen molar-refractivity contribution in [3.05, 3.63) is 10.1 Å². The summed E-state index contributed by atoms with van der Waals surface area (Å²) in [5.41, 5.74) is 5.50. The van der Waals surface area contributed by atoms with E-state index in [2.05, 4.69) is 31.2 Å². The molecule has 0 heterocycles. The highest BCUT2D eigenvalue weighted by Gasteiger charge is 2.09. The molecule has 0 aromatic heterocycles. The van der Waals surface area contributed by atoms with E-state index in [0.717, 1.165) is 12.8 Å². The highest BCUT2D eigenvalue weighted by atomic mass is 16.7. The number of hydrazone groups is 1. The number of nitrogens with one attached hydrogen (secondary N) is 1. The maximum Gasteiger partial charge on any atom is 0.266 e. The van der Waals surface area contributed by atoms with Crippen molar-refractivity contribution in [3.8, 4) is 0 Å². The molecule has 0 fully saturated rings. The number of rotatable bonds is 4. The van der Waals surface area contributed by atoms with Crippen LogP contribution in [0.15, 0.2) is 5.10 Å². The summed E-state index contributed by atoms with van der Waals surface area (Å²) in [7, 11) is 0. The van der Waals surface area contributed by atoms with E-state index >= 15 is 0 Å². The van der Waals surface area contributed by atoms with E-state index in [1.165, 1.54) is 0 Å². The first-order valence-corrected chi connectivity index (χ1v) is 4.53. The van der Waals surface area contributed by atoms with Gasteiger partial charge in [-0.25, -0.2) is 10.1 Å². The quantitative estimate of drug-likeness (QED) is 0.233. The van der Waals surface area contributed by atoms with Crippen molar-refractivity contribution in [2.45, 2.75) is 33.6 Å². The minimum atomic E-state index is -0.813. The van der Waals surface area contributed by atoms with E-state index in [1.807, 2.05) is 0 Å². The summed E-state index contributed by atoms with van der Waals surface area (Å²) >= 11 is 0. The van der Waals surface area contributed by atoms with Crippen molar-refractivity contribution in [2.75, 3.05) is 6.54 Å². The SMILES string of the molecule is CC(C)(C)CCCN/C(N)=N/[N+](=O)[O-]. The van der Waals surface area contributed by atoms with Gasteiger partial charge in [0.05, 0.1) is 0 Å². The molecule has 0 aromatic rings. The first-order chi connectivity index (χ1) is 6.31. The molecule has 0 radical (unpaired) electrons. The van der Waals surface area contributed by atoms with Crippen LogP contribution < -0.4 is 11.1 Å². The number of hydrogen-bond donors (Lipinski definition) is 2. The van der Waals surface area contributed by atoms with Gasteiger partial charge in [-0.3, -0.25) is 0 Å². The Morgan fingerprint density at radius 3 is 2.57 bits per heavy atom. The molecule has 0 saturated carbocycles. The third-order valence-electron chi connectivity index (χ3n) is 1.60. The van der Waals surface area contributed by atoms with Gasteiger partial charge in [-0.05, 0) is 18.3 Å². The van der Waals surface area contributed by atoms with E-state index in [0.29, 0.717) is 6.54 Å². The second-order valence-corrected chi connectivity index (χ2v) is 4.31. The molecular weight excluding hydrogens is 184 g/mol. The highest BCUT2D eigenvalue weighted by molar-refractivity contribution is 5.76. The van der Waals surface area contributed by atoms with E-state index < -0.39 is 5.03 Å². The van der Waals surface area contributed by atoms with E-state index in [9.17, 15) is 10.1 Å². The van der Waals surface area contributed by atoms with Crippen LogP contribution >= 0.6 is 0 Å². The maximum atomic E-state index is 9.90. The molecule has 0 rings (SSSR count). The molecule has 0 aliphatic heterocycles. The lowest BCUT2D eigenvalue weighted by Crippen LogP contribution is -2.33. The monoisotopic (exact) mass is 202 g/mol. The van der Waals surface area contributed by atoms with Crippen LogP contribution in [0, 0.1) is 15.5 Å². The van der Waals surface area contributed by atoms with Crippen LogP contribution in [0.25, 0.3) is 0 Å². The predicted octanol–water partition coefficient (Wildman–Crippen LogP) is 0.909. The lowest BCUT2D eigenvalue weighted by atomic mass is 9.91. The molecule has 0 aromatic carbocycles. The molecule has 0 amide bonds. The third kappa shape index (κ3) is 8.76. The Balaban J connectivity index is 3.60. The summed E-state index contributed by atoms with van der Waals surface area (Å²) in [6.07, 6.45) is 1.95. The summed E-state index contributed by atoms with van der Waals surface area (Å²) in [6.45, 7) is 7.03. The summed E-state index contributed by atoms with van der Waals surface area (Å²) in [5.74, 6) is -0.135. The molecule has 0 saturated heterocycles. The van der Waals surface area contributed by atoms with E-state index in [-0.39, 0.29) is 11.4 Å². The largest absolute Gasteiger partial charge is 0.365 e. The topological polar surface area (TPSA) is 93.5 Å². The van der Waals surface area contributed by atoms with Gasteiger partial charge in [0.2, 0.25) is 0 Å². The van der Waals surface area contributed by atoms with Crippen molar-refractivity contribution in [1.29, 1.82) is 0 Å². The smallest absolute Gasteiger partial charge is 0.266 e. The number of hydrogen-bond acceptors (Lipinski definition) is 2. The zero-order valence-electron chi connectivity index (χ0n) is 8.91. The van der Waals surface area contributed by atoms with Gasteiger partial charge in [0.25, 0.3) is 5.96 Å². The Labute approximate surface area is 83.7 Å². The van der Waals surface area contributed by atoms with E-state index in [1.54, 1.807) is 0 Å². The lowest BCUT2D eigenvalue weighted by Gasteiger charge is -2.17. The number of guanidine groups is 1. The van der Waals surface area contributed by atoms with Crippen molar-refractivity contribution < 1.29 is 5.03 Å². The molecule has 82 valence electrons. The van der Waals surface area contributed by atoms with Gasteiger partial charge in [0.15, 0.2) is 5.03 Å². The van der Waals surface area contributed by atoms with E-state index in [4.69, 9.17) is 5.73 Å². The Kier molecular flexibility index (Phi) is 4.90. The van der Waals surface area contributed by atoms with Gasteiger partial charge in [0, 0.05) is 6.54 Å². The third-order valence-corrected chi connectivity index (χ3v) is 1.60. The summed E-state index contributed by atoms with van der Waals surface area (Å²) < 4.78 is 0. The Morgan fingerprint density at radius 2 is 2.14 bits per heavy atom. The van der Waals surface area contributed by atoms with Crippen molar-refractivity contribution >= 4 is 5.96 Å². The first-order valence-electron chi connectivity index (χ1n) is 4.53. The average Bonchev–Trinajstić information content (AvgIpc) is 1.95. The van der Waals surface area contributed by atoms with Gasteiger partial charge >= 0.3 is 0 Å². The Bertz CT molecular complexity index is 220. The van der Waals surface area contributed by atoms with Gasteiger partial charge in [-0.1, -0.05) is 20.8 Å². The highest BCUT2D eigenvalue weighted by Crippen LogP contribution is 2.19. The summed E-state index contributed by atoms with van der Waals surface area (Å²) in [4.78, 5) is 9.90. The molecule has 0 bridgehead atoms. The normalized spacial score (nSPS) is 12.6. The zero-order chi connectivity index (χ0) is 11.2. The van der Waals surface area contributed by atoms with Gasteiger partial charge in [0.1, 0.15) is 5.10 Å².